The van der Waals surface area contributed by atoms with E-state index in [4.69, 9.17) is 4.74 Å². The Morgan fingerprint density at radius 3 is 2.36 bits per heavy atom. The summed E-state index contributed by atoms with van der Waals surface area (Å²) in [7, 11) is 4.13. The van der Waals surface area contributed by atoms with Gasteiger partial charge in [0.15, 0.2) is 0 Å². The maximum absolute atomic E-state index is 5.70. The lowest BCUT2D eigenvalue weighted by Crippen LogP contribution is -2.22. The standard InChI is InChI=1S/C12H19NO/c1-4-14-12(10-13(2)3)11-8-6-5-7-9-11/h5-9,12H,4,10H2,1-3H3/t12-/m0/s1. The maximum atomic E-state index is 5.70. The molecule has 0 aliphatic heterocycles. The minimum Gasteiger partial charge on any atom is -0.372 e. The van der Waals surface area contributed by atoms with Crippen LogP contribution < -0.4 is 0 Å². The van der Waals surface area contributed by atoms with E-state index >= 15 is 0 Å². The second-order valence-electron chi connectivity index (χ2n) is 3.62. The molecule has 0 heterocycles. The van der Waals surface area contributed by atoms with Crippen LogP contribution in [0.5, 0.6) is 0 Å². The van der Waals surface area contributed by atoms with Crippen LogP contribution in [-0.4, -0.2) is 32.1 Å². The molecule has 0 aliphatic carbocycles. The monoisotopic (exact) mass is 193 g/mol. The lowest BCUT2D eigenvalue weighted by atomic mass is 10.1. The molecular formula is C12H19NO. The van der Waals surface area contributed by atoms with E-state index in [1.165, 1.54) is 5.56 Å². The summed E-state index contributed by atoms with van der Waals surface area (Å²) in [6.45, 7) is 3.72. The molecule has 2 heteroatoms. The average molecular weight is 193 g/mol. The minimum absolute atomic E-state index is 0.191. The molecule has 0 aliphatic rings. The summed E-state index contributed by atoms with van der Waals surface area (Å²) < 4.78 is 5.70. The van der Waals surface area contributed by atoms with E-state index in [-0.39, 0.29) is 6.10 Å². The summed E-state index contributed by atoms with van der Waals surface area (Å²) in [6.07, 6.45) is 0.191. The van der Waals surface area contributed by atoms with Gasteiger partial charge in [-0.15, -0.1) is 0 Å². The zero-order valence-electron chi connectivity index (χ0n) is 9.23. The van der Waals surface area contributed by atoms with Crippen LogP contribution in [0.3, 0.4) is 0 Å². The van der Waals surface area contributed by atoms with Gasteiger partial charge in [-0.2, -0.15) is 0 Å². The fourth-order valence-electron chi connectivity index (χ4n) is 1.45. The molecule has 0 saturated carbocycles. The van der Waals surface area contributed by atoms with E-state index in [0.29, 0.717) is 0 Å². The molecule has 1 atom stereocenters. The number of benzene rings is 1. The summed E-state index contributed by atoms with van der Waals surface area (Å²) in [5, 5.41) is 0. The third-order valence-corrected chi connectivity index (χ3v) is 2.07. The number of rotatable bonds is 5. The van der Waals surface area contributed by atoms with Crippen molar-refractivity contribution in [1.82, 2.24) is 4.90 Å². The molecule has 0 fully saturated rings. The highest BCUT2D eigenvalue weighted by atomic mass is 16.5. The number of hydrogen-bond donors (Lipinski definition) is 0. The predicted octanol–water partition coefficient (Wildman–Crippen LogP) is 2.33. The van der Waals surface area contributed by atoms with Crippen LogP contribution in [0.2, 0.25) is 0 Å². The zero-order chi connectivity index (χ0) is 10.4. The van der Waals surface area contributed by atoms with Gasteiger partial charge in [0.2, 0.25) is 0 Å². The van der Waals surface area contributed by atoms with Crippen molar-refractivity contribution < 1.29 is 4.74 Å². The molecule has 1 aromatic rings. The third-order valence-electron chi connectivity index (χ3n) is 2.07. The average Bonchev–Trinajstić information content (AvgIpc) is 2.18. The van der Waals surface area contributed by atoms with Crippen LogP contribution in [0.4, 0.5) is 0 Å². The van der Waals surface area contributed by atoms with Gasteiger partial charge in [-0.25, -0.2) is 0 Å². The number of nitrogens with zero attached hydrogens (tertiary/aromatic N) is 1. The van der Waals surface area contributed by atoms with Crippen molar-refractivity contribution in [2.24, 2.45) is 0 Å². The van der Waals surface area contributed by atoms with Gasteiger partial charge in [0.1, 0.15) is 0 Å². The van der Waals surface area contributed by atoms with Crippen molar-refractivity contribution >= 4 is 0 Å². The topological polar surface area (TPSA) is 12.5 Å². The summed E-state index contributed by atoms with van der Waals surface area (Å²) in [6, 6.07) is 10.4. The summed E-state index contributed by atoms with van der Waals surface area (Å²) in [5.41, 5.74) is 1.25. The molecule has 78 valence electrons. The van der Waals surface area contributed by atoms with Crippen molar-refractivity contribution in [3.8, 4) is 0 Å². The fraction of sp³-hybridized carbons (Fsp3) is 0.500. The second kappa shape index (κ2) is 5.78. The Balaban J connectivity index is 2.67. The molecule has 0 amide bonds. The third kappa shape index (κ3) is 3.48. The minimum atomic E-state index is 0.191. The van der Waals surface area contributed by atoms with Crippen LogP contribution in [0.1, 0.15) is 18.6 Å². The van der Waals surface area contributed by atoms with Crippen molar-refractivity contribution in [2.75, 3.05) is 27.2 Å². The molecule has 14 heavy (non-hydrogen) atoms. The van der Waals surface area contributed by atoms with Crippen LogP contribution >= 0.6 is 0 Å². The lowest BCUT2D eigenvalue weighted by Gasteiger charge is -2.21. The van der Waals surface area contributed by atoms with Crippen LogP contribution in [0, 0.1) is 0 Å². The first kappa shape index (κ1) is 11.2. The SMILES string of the molecule is CCO[C@@H](CN(C)C)c1ccccc1. The molecule has 1 rings (SSSR count). The highest BCUT2D eigenvalue weighted by Gasteiger charge is 2.11. The second-order valence-corrected chi connectivity index (χ2v) is 3.62. The summed E-state index contributed by atoms with van der Waals surface area (Å²) in [4.78, 5) is 2.15. The molecule has 0 aromatic heterocycles. The van der Waals surface area contributed by atoms with Crippen LogP contribution in [0.25, 0.3) is 0 Å². The molecule has 0 radical (unpaired) electrons. The molecule has 0 N–H and O–H groups in total. The number of likely N-dealkylation sites (N-methyl/N-ethyl adjacent to an activating group) is 1. The van der Waals surface area contributed by atoms with Gasteiger partial charge in [0, 0.05) is 13.2 Å². The molecule has 0 bridgehead atoms. The maximum Gasteiger partial charge on any atom is 0.0951 e. The van der Waals surface area contributed by atoms with Crippen molar-refractivity contribution in [3.63, 3.8) is 0 Å². The largest absolute Gasteiger partial charge is 0.372 e. The lowest BCUT2D eigenvalue weighted by molar-refractivity contribution is 0.0434. The molecule has 0 spiro atoms. The van der Waals surface area contributed by atoms with E-state index in [0.717, 1.165) is 13.2 Å². The fourth-order valence-corrected chi connectivity index (χ4v) is 1.45. The van der Waals surface area contributed by atoms with Gasteiger partial charge < -0.3 is 9.64 Å². The molecule has 1 aromatic carbocycles. The van der Waals surface area contributed by atoms with E-state index in [2.05, 4.69) is 43.3 Å². The normalized spacial score (nSPS) is 13.1. The van der Waals surface area contributed by atoms with E-state index in [1.807, 2.05) is 13.0 Å². The van der Waals surface area contributed by atoms with Gasteiger partial charge in [0.25, 0.3) is 0 Å². The highest BCUT2D eigenvalue weighted by Crippen LogP contribution is 2.17. The summed E-state index contributed by atoms with van der Waals surface area (Å²) >= 11 is 0. The zero-order valence-corrected chi connectivity index (χ0v) is 9.23. The smallest absolute Gasteiger partial charge is 0.0951 e. The molecule has 2 nitrogen and oxygen atoms in total. The highest BCUT2D eigenvalue weighted by molar-refractivity contribution is 5.17. The Labute approximate surface area is 86.5 Å². The number of hydrogen-bond acceptors (Lipinski definition) is 2. The molecule has 0 saturated heterocycles. The predicted molar refractivity (Wildman–Crippen MR) is 59.4 cm³/mol. The van der Waals surface area contributed by atoms with E-state index in [9.17, 15) is 0 Å². The Morgan fingerprint density at radius 1 is 1.21 bits per heavy atom. The first-order valence-corrected chi connectivity index (χ1v) is 5.05. The van der Waals surface area contributed by atoms with E-state index in [1.54, 1.807) is 0 Å². The summed E-state index contributed by atoms with van der Waals surface area (Å²) in [5.74, 6) is 0. The van der Waals surface area contributed by atoms with Crippen molar-refractivity contribution in [2.45, 2.75) is 13.0 Å². The first-order chi connectivity index (χ1) is 6.74. The van der Waals surface area contributed by atoms with Crippen LogP contribution in [0.15, 0.2) is 30.3 Å². The van der Waals surface area contributed by atoms with Crippen molar-refractivity contribution in [1.29, 1.82) is 0 Å². The Morgan fingerprint density at radius 2 is 1.86 bits per heavy atom. The van der Waals surface area contributed by atoms with Gasteiger partial charge >= 0.3 is 0 Å². The quantitative estimate of drug-likeness (QED) is 0.711. The molecular weight excluding hydrogens is 174 g/mol. The Hall–Kier alpha value is -0.860. The molecule has 0 unspecified atom stereocenters. The Bertz CT molecular complexity index is 246. The Kier molecular flexibility index (Phi) is 4.63. The van der Waals surface area contributed by atoms with Gasteiger partial charge in [0.05, 0.1) is 6.10 Å². The number of ether oxygens (including phenoxy) is 1. The first-order valence-electron chi connectivity index (χ1n) is 5.05. The van der Waals surface area contributed by atoms with Gasteiger partial charge in [-0.3, -0.25) is 0 Å². The van der Waals surface area contributed by atoms with Crippen molar-refractivity contribution in [3.05, 3.63) is 35.9 Å². The van der Waals surface area contributed by atoms with Gasteiger partial charge in [-0.1, -0.05) is 30.3 Å². The van der Waals surface area contributed by atoms with Gasteiger partial charge in [-0.05, 0) is 26.6 Å². The van der Waals surface area contributed by atoms with E-state index < -0.39 is 0 Å². The van der Waals surface area contributed by atoms with Crippen LogP contribution in [-0.2, 0) is 4.74 Å².